The van der Waals surface area contributed by atoms with Crippen LogP contribution in [0, 0.1) is 7.40 Å². The first-order valence-corrected chi connectivity index (χ1v) is 6.02. The van der Waals surface area contributed by atoms with Crippen molar-refractivity contribution in [3.63, 3.8) is 0 Å². The second-order valence-electron chi connectivity index (χ2n) is 2.10. The second kappa shape index (κ2) is 4.68. The lowest BCUT2D eigenvalue weighted by molar-refractivity contribution is -0.275. The smallest absolute Gasteiger partial charge is 0.403 e. The maximum absolute atomic E-state index is 11.9. The maximum Gasteiger partial charge on any atom is 0.573 e. The van der Waals surface area contributed by atoms with Gasteiger partial charge in [0.2, 0.25) is 0 Å². The molecule has 0 radical (unpaired) electrons. The van der Waals surface area contributed by atoms with Crippen molar-refractivity contribution < 1.29 is 17.9 Å². The minimum absolute atomic E-state index is 0.174. The molecular formula is C6HBrF3I2NO. The van der Waals surface area contributed by atoms with Gasteiger partial charge in [0.15, 0.2) is 5.75 Å². The van der Waals surface area contributed by atoms with E-state index in [2.05, 4.69) is 25.7 Å². The Morgan fingerprint density at radius 2 is 1.86 bits per heavy atom. The van der Waals surface area contributed by atoms with E-state index in [1.54, 1.807) is 22.6 Å². The summed E-state index contributed by atoms with van der Waals surface area (Å²) in [6, 6.07) is 1.24. The number of aromatic nitrogens is 1. The third kappa shape index (κ3) is 3.68. The number of rotatable bonds is 1. The van der Waals surface area contributed by atoms with Crippen molar-refractivity contribution >= 4 is 61.1 Å². The minimum atomic E-state index is -4.69. The Morgan fingerprint density at radius 3 is 2.36 bits per heavy atom. The van der Waals surface area contributed by atoms with Gasteiger partial charge < -0.3 is 4.74 Å². The summed E-state index contributed by atoms with van der Waals surface area (Å²) in [6.45, 7) is 0. The average molecular weight is 494 g/mol. The number of ether oxygens (including phenoxy) is 1. The number of hydrogen-bond donors (Lipinski definition) is 0. The van der Waals surface area contributed by atoms with Crippen LogP contribution < -0.4 is 4.74 Å². The topological polar surface area (TPSA) is 22.1 Å². The Hall–Kier alpha value is 0.680. The first kappa shape index (κ1) is 12.7. The molecule has 0 bridgehead atoms. The van der Waals surface area contributed by atoms with Gasteiger partial charge in [0.1, 0.15) is 7.40 Å². The summed E-state index contributed by atoms with van der Waals surface area (Å²) in [5, 5.41) is 0. The van der Waals surface area contributed by atoms with Crippen molar-refractivity contribution in [3.8, 4) is 5.75 Å². The number of hydrogen-bond acceptors (Lipinski definition) is 2. The standard InChI is InChI=1S/C6HBrF3I2NO/c7-2-1-3(14-6(8,9)10)5(12)13-4(2)11/h1H. The minimum Gasteiger partial charge on any atom is -0.403 e. The predicted octanol–water partition coefficient (Wildman–Crippen LogP) is 3.95. The lowest BCUT2D eigenvalue weighted by Crippen LogP contribution is -2.18. The fourth-order valence-electron chi connectivity index (χ4n) is 0.625. The zero-order chi connectivity index (χ0) is 10.9. The monoisotopic (exact) mass is 493 g/mol. The molecule has 78 valence electrons. The number of nitrogens with zero attached hydrogens (tertiary/aromatic N) is 1. The number of halogens is 6. The quantitative estimate of drug-likeness (QED) is 0.437. The molecule has 0 fully saturated rings. The molecule has 0 N–H and O–H groups in total. The molecule has 0 unspecified atom stereocenters. The molecule has 0 amide bonds. The molecule has 0 atom stereocenters. The third-order valence-corrected chi connectivity index (χ3v) is 4.02. The van der Waals surface area contributed by atoms with Gasteiger partial charge in [0.25, 0.3) is 0 Å². The van der Waals surface area contributed by atoms with Crippen LogP contribution in [0.15, 0.2) is 10.5 Å². The molecule has 8 heteroatoms. The molecule has 1 heterocycles. The van der Waals surface area contributed by atoms with E-state index in [0.717, 1.165) is 0 Å². The van der Waals surface area contributed by atoms with Crippen molar-refractivity contribution in [2.75, 3.05) is 0 Å². The number of pyridine rings is 1. The highest BCUT2D eigenvalue weighted by Crippen LogP contribution is 2.30. The van der Waals surface area contributed by atoms with E-state index in [0.29, 0.717) is 8.17 Å². The van der Waals surface area contributed by atoms with Gasteiger partial charge in [-0.05, 0) is 61.1 Å². The highest BCUT2D eigenvalue weighted by molar-refractivity contribution is 14.1. The van der Waals surface area contributed by atoms with Crippen LogP contribution in [0.25, 0.3) is 0 Å². The summed E-state index contributed by atoms with van der Waals surface area (Å²) in [6.07, 6.45) is -4.69. The van der Waals surface area contributed by atoms with E-state index in [-0.39, 0.29) is 9.45 Å². The fraction of sp³-hybridized carbons (Fsp3) is 0.167. The third-order valence-electron chi connectivity index (χ3n) is 1.08. The summed E-state index contributed by atoms with van der Waals surface area (Å²) in [5.41, 5.74) is 0. The van der Waals surface area contributed by atoms with Gasteiger partial charge >= 0.3 is 6.36 Å². The molecule has 2 nitrogen and oxygen atoms in total. The van der Waals surface area contributed by atoms with Crippen LogP contribution in [-0.4, -0.2) is 11.3 Å². The molecule has 0 aromatic carbocycles. The van der Waals surface area contributed by atoms with Crippen LogP contribution in [0.2, 0.25) is 0 Å². The van der Waals surface area contributed by atoms with Gasteiger partial charge in [-0.25, -0.2) is 4.98 Å². The first-order valence-electron chi connectivity index (χ1n) is 3.07. The number of alkyl halides is 3. The van der Waals surface area contributed by atoms with E-state index < -0.39 is 6.36 Å². The second-order valence-corrected chi connectivity index (χ2v) is 5.00. The predicted molar refractivity (Wildman–Crippen MR) is 64.1 cm³/mol. The highest BCUT2D eigenvalue weighted by atomic mass is 127. The van der Waals surface area contributed by atoms with Gasteiger partial charge in [-0.3, -0.25) is 0 Å². The molecule has 0 saturated carbocycles. The summed E-state index contributed by atoms with van der Waals surface area (Å²) in [4.78, 5) is 3.86. The van der Waals surface area contributed by atoms with E-state index in [1.165, 1.54) is 6.07 Å². The van der Waals surface area contributed by atoms with Crippen molar-refractivity contribution in [2.24, 2.45) is 0 Å². The van der Waals surface area contributed by atoms with Gasteiger partial charge in [0.05, 0.1) is 4.47 Å². The first-order chi connectivity index (χ1) is 6.29. The molecular weight excluding hydrogens is 493 g/mol. The van der Waals surface area contributed by atoms with Gasteiger partial charge in [0, 0.05) is 6.07 Å². The Morgan fingerprint density at radius 1 is 1.29 bits per heavy atom. The molecule has 0 aliphatic rings. The van der Waals surface area contributed by atoms with Gasteiger partial charge in [-0.2, -0.15) is 0 Å². The zero-order valence-corrected chi connectivity index (χ0v) is 12.1. The van der Waals surface area contributed by atoms with Crippen molar-refractivity contribution in [1.29, 1.82) is 0 Å². The van der Waals surface area contributed by atoms with Crippen molar-refractivity contribution in [2.45, 2.75) is 6.36 Å². The lowest BCUT2D eigenvalue weighted by atomic mass is 10.5. The van der Waals surface area contributed by atoms with E-state index in [4.69, 9.17) is 0 Å². The summed E-state index contributed by atoms with van der Waals surface area (Å²) in [5.74, 6) is -0.301. The molecule has 0 spiro atoms. The average Bonchev–Trinajstić information content (AvgIpc) is 1.97. The molecule has 1 rings (SSSR count). The van der Waals surface area contributed by atoms with Crippen LogP contribution in [0.4, 0.5) is 13.2 Å². The van der Waals surface area contributed by atoms with Crippen molar-refractivity contribution in [1.82, 2.24) is 4.98 Å². The van der Waals surface area contributed by atoms with E-state index in [9.17, 15) is 13.2 Å². The lowest BCUT2D eigenvalue weighted by Gasteiger charge is -2.10. The van der Waals surface area contributed by atoms with E-state index in [1.807, 2.05) is 22.6 Å². The molecule has 1 aromatic rings. The van der Waals surface area contributed by atoms with Crippen LogP contribution in [0.1, 0.15) is 0 Å². The summed E-state index contributed by atoms with van der Waals surface area (Å²) >= 11 is 6.65. The van der Waals surface area contributed by atoms with Gasteiger partial charge in [-0.1, -0.05) is 0 Å². The molecule has 14 heavy (non-hydrogen) atoms. The normalized spacial score (nSPS) is 11.6. The van der Waals surface area contributed by atoms with Crippen LogP contribution in [0.5, 0.6) is 5.75 Å². The maximum atomic E-state index is 11.9. The Balaban J connectivity index is 3.04. The van der Waals surface area contributed by atoms with Crippen LogP contribution in [0.3, 0.4) is 0 Å². The SMILES string of the molecule is FC(F)(F)Oc1cc(Br)c(I)nc1I. The molecule has 1 aromatic heterocycles. The largest absolute Gasteiger partial charge is 0.573 e. The molecule has 0 aliphatic heterocycles. The molecule has 0 aliphatic carbocycles. The van der Waals surface area contributed by atoms with Crippen molar-refractivity contribution in [3.05, 3.63) is 17.9 Å². The summed E-state index contributed by atoms with van der Waals surface area (Å²) in [7, 11) is 0. The fourth-order valence-corrected chi connectivity index (χ4v) is 2.29. The Bertz CT molecular complexity index is 358. The van der Waals surface area contributed by atoms with Crippen LogP contribution in [-0.2, 0) is 0 Å². The van der Waals surface area contributed by atoms with E-state index >= 15 is 0 Å². The highest BCUT2D eigenvalue weighted by Gasteiger charge is 2.32. The van der Waals surface area contributed by atoms with Crippen LogP contribution >= 0.6 is 61.1 Å². The summed E-state index contributed by atoms with van der Waals surface area (Å²) < 4.78 is 40.6. The Labute approximate surface area is 113 Å². The Kier molecular flexibility index (Phi) is 4.26. The molecule has 0 saturated heterocycles. The zero-order valence-electron chi connectivity index (χ0n) is 6.20. The van der Waals surface area contributed by atoms with Gasteiger partial charge in [-0.15, -0.1) is 13.2 Å².